The number of carbonyl (C=O) groups excluding carboxylic acids is 1. The molecule has 2 heterocycles. The van der Waals surface area contributed by atoms with Crippen LogP contribution < -0.4 is 10.1 Å². The number of carbonyl (C=O) groups is 1. The van der Waals surface area contributed by atoms with Crippen LogP contribution in [0.3, 0.4) is 0 Å². The Bertz CT molecular complexity index is 1100. The van der Waals surface area contributed by atoms with Gasteiger partial charge in [-0.15, -0.1) is 0 Å². The predicted octanol–water partition coefficient (Wildman–Crippen LogP) is 4.20. The Morgan fingerprint density at radius 1 is 1.30 bits per heavy atom. The number of amides is 1. The number of aromatic amines is 1. The van der Waals surface area contributed by atoms with Crippen molar-refractivity contribution in [1.82, 2.24) is 14.5 Å². The van der Waals surface area contributed by atoms with Crippen LogP contribution in [-0.2, 0) is 11.2 Å². The van der Waals surface area contributed by atoms with Gasteiger partial charge in [-0.05, 0) is 42.0 Å². The van der Waals surface area contributed by atoms with E-state index in [0.717, 1.165) is 27.9 Å². The smallest absolute Gasteiger partial charge is 0.228 e. The summed E-state index contributed by atoms with van der Waals surface area (Å²) in [5.74, 6) is 0.635. The zero-order valence-corrected chi connectivity index (χ0v) is 15.3. The Labute approximate surface area is 160 Å². The molecule has 136 valence electrons. The number of halogens is 1. The highest BCUT2D eigenvalue weighted by atomic mass is 35.5. The number of imidazole rings is 1. The van der Waals surface area contributed by atoms with Gasteiger partial charge in [-0.1, -0.05) is 11.6 Å². The fourth-order valence-electron chi connectivity index (χ4n) is 3.00. The van der Waals surface area contributed by atoms with Gasteiger partial charge in [-0.25, -0.2) is 4.98 Å². The highest BCUT2D eigenvalue weighted by Gasteiger charge is 2.11. The maximum Gasteiger partial charge on any atom is 0.228 e. The first-order valence-electron chi connectivity index (χ1n) is 8.36. The second-order valence-electron chi connectivity index (χ2n) is 6.09. The van der Waals surface area contributed by atoms with E-state index in [0.29, 0.717) is 10.7 Å². The number of anilines is 1. The number of hydrogen-bond acceptors (Lipinski definition) is 3. The van der Waals surface area contributed by atoms with Gasteiger partial charge in [0.2, 0.25) is 5.91 Å². The maximum absolute atomic E-state index is 12.5. The third kappa shape index (κ3) is 3.52. The second kappa shape index (κ2) is 7.17. The summed E-state index contributed by atoms with van der Waals surface area (Å²) in [4.78, 5) is 19.7. The minimum absolute atomic E-state index is 0.120. The number of methoxy groups -OCH3 is 1. The summed E-state index contributed by atoms with van der Waals surface area (Å²) in [7, 11) is 1.62. The molecule has 0 aliphatic carbocycles. The summed E-state index contributed by atoms with van der Waals surface area (Å²) >= 11 is 6.34. The minimum Gasteiger partial charge on any atom is -0.497 e. The molecular weight excluding hydrogens is 364 g/mol. The molecule has 0 bridgehead atoms. The van der Waals surface area contributed by atoms with Crippen molar-refractivity contribution >= 4 is 34.1 Å². The number of nitrogens with zero attached hydrogens (tertiary/aromatic N) is 2. The number of nitrogens with one attached hydrogen (secondary N) is 2. The van der Waals surface area contributed by atoms with E-state index < -0.39 is 0 Å². The molecule has 0 radical (unpaired) electrons. The van der Waals surface area contributed by atoms with Crippen molar-refractivity contribution in [2.24, 2.45) is 0 Å². The van der Waals surface area contributed by atoms with Crippen molar-refractivity contribution in [2.45, 2.75) is 6.42 Å². The molecule has 0 atom stereocenters. The number of hydrogen-bond donors (Lipinski definition) is 2. The summed E-state index contributed by atoms with van der Waals surface area (Å²) in [6.45, 7) is 0. The van der Waals surface area contributed by atoms with E-state index in [1.54, 1.807) is 25.7 Å². The van der Waals surface area contributed by atoms with Gasteiger partial charge in [0.05, 0.1) is 30.6 Å². The minimum atomic E-state index is -0.120. The van der Waals surface area contributed by atoms with Gasteiger partial charge in [0.25, 0.3) is 0 Å². The molecule has 0 unspecified atom stereocenters. The first-order valence-corrected chi connectivity index (χ1v) is 8.73. The molecule has 7 heteroatoms. The molecule has 6 nitrogen and oxygen atoms in total. The molecular formula is C20H17ClN4O2. The average Bonchev–Trinajstić information content (AvgIpc) is 3.32. The number of aromatic nitrogens is 3. The molecule has 2 aromatic carbocycles. The molecule has 2 aromatic heterocycles. The summed E-state index contributed by atoms with van der Waals surface area (Å²) in [5, 5.41) is 4.39. The summed E-state index contributed by atoms with van der Waals surface area (Å²) in [5.41, 5.74) is 3.32. The van der Waals surface area contributed by atoms with Crippen LogP contribution in [0.1, 0.15) is 5.56 Å². The number of H-pyrrole nitrogens is 1. The number of ether oxygens (including phenoxy) is 1. The molecule has 0 saturated carbocycles. The summed E-state index contributed by atoms with van der Waals surface area (Å²) < 4.78 is 7.08. The van der Waals surface area contributed by atoms with Crippen molar-refractivity contribution in [3.63, 3.8) is 0 Å². The number of fused-ring (bicyclic) bond motifs is 1. The highest BCUT2D eigenvalue weighted by molar-refractivity contribution is 6.32. The molecule has 4 aromatic rings. The van der Waals surface area contributed by atoms with E-state index in [9.17, 15) is 4.79 Å². The first-order chi connectivity index (χ1) is 13.1. The third-order valence-corrected chi connectivity index (χ3v) is 4.64. The van der Waals surface area contributed by atoms with Crippen LogP contribution in [0.5, 0.6) is 5.75 Å². The first kappa shape index (κ1) is 17.2. The molecule has 0 fully saturated rings. The van der Waals surface area contributed by atoms with Crippen LogP contribution >= 0.6 is 11.6 Å². The van der Waals surface area contributed by atoms with Crippen LogP contribution in [0.4, 0.5) is 5.69 Å². The monoisotopic (exact) mass is 380 g/mol. The standard InChI is InChI=1S/C20H17ClN4O2/c1-27-15-3-4-18-16(10-15)13(11-23-18)8-20(26)24-14-2-5-19(17(21)9-14)25-7-6-22-12-25/h2-7,9-12,23H,8H2,1H3,(H,24,26). The summed E-state index contributed by atoms with van der Waals surface area (Å²) in [6.07, 6.45) is 7.25. The van der Waals surface area contributed by atoms with Crippen LogP contribution in [0.15, 0.2) is 61.3 Å². The normalized spacial score (nSPS) is 10.9. The Kier molecular flexibility index (Phi) is 4.56. The third-order valence-electron chi connectivity index (χ3n) is 4.34. The van der Waals surface area contributed by atoms with Gasteiger partial charge in [0.15, 0.2) is 0 Å². The van der Waals surface area contributed by atoms with E-state index in [1.165, 1.54) is 0 Å². The van der Waals surface area contributed by atoms with Crippen LogP contribution in [0.2, 0.25) is 5.02 Å². The Morgan fingerprint density at radius 2 is 2.19 bits per heavy atom. The summed E-state index contributed by atoms with van der Waals surface area (Å²) in [6, 6.07) is 11.1. The second-order valence-corrected chi connectivity index (χ2v) is 6.49. The molecule has 0 saturated heterocycles. The van der Waals surface area contributed by atoms with Crippen molar-refractivity contribution in [3.05, 3.63) is 71.9 Å². The lowest BCUT2D eigenvalue weighted by Gasteiger charge is -2.09. The zero-order valence-electron chi connectivity index (χ0n) is 14.6. The fourth-order valence-corrected chi connectivity index (χ4v) is 3.28. The Hall–Kier alpha value is -3.25. The SMILES string of the molecule is COc1ccc2[nH]cc(CC(=O)Nc3ccc(-n4ccnc4)c(Cl)c3)c2c1. The fraction of sp³-hybridized carbons (Fsp3) is 0.100. The van der Waals surface area contributed by atoms with Crippen LogP contribution in [-0.4, -0.2) is 27.6 Å². The molecule has 27 heavy (non-hydrogen) atoms. The Balaban J connectivity index is 1.51. The van der Waals surface area contributed by atoms with Crippen molar-refractivity contribution in [2.75, 3.05) is 12.4 Å². The van der Waals surface area contributed by atoms with Gasteiger partial charge < -0.3 is 19.6 Å². The van der Waals surface area contributed by atoms with E-state index in [4.69, 9.17) is 16.3 Å². The molecule has 2 N–H and O–H groups in total. The maximum atomic E-state index is 12.5. The van der Waals surface area contributed by atoms with Crippen LogP contribution in [0, 0.1) is 0 Å². The topological polar surface area (TPSA) is 71.9 Å². The van der Waals surface area contributed by atoms with E-state index >= 15 is 0 Å². The molecule has 1 amide bonds. The molecule has 4 rings (SSSR count). The molecule has 0 aliphatic rings. The zero-order chi connectivity index (χ0) is 18.8. The average molecular weight is 381 g/mol. The molecule has 0 aliphatic heterocycles. The van der Waals surface area contributed by atoms with Crippen molar-refractivity contribution in [1.29, 1.82) is 0 Å². The van der Waals surface area contributed by atoms with Crippen molar-refractivity contribution in [3.8, 4) is 11.4 Å². The van der Waals surface area contributed by atoms with E-state index in [-0.39, 0.29) is 12.3 Å². The highest BCUT2D eigenvalue weighted by Crippen LogP contribution is 2.26. The quantitative estimate of drug-likeness (QED) is 0.545. The Morgan fingerprint density at radius 3 is 2.93 bits per heavy atom. The molecule has 0 spiro atoms. The van der Waals surface area contributed by atoms with E-state index in [1.807, 2.05) is 47.3 Å². The predicted molar refractivity (Wildman–Crippen MR) is 106 cm³/mol. The lowest BCUT2D eigenvalue weighted by Crippen LogP contribution is -2.14. The lowest BCUT2D eigenvalue weighted by molar-refractivity contribution is -0.115. The van der Waals surface area contributed by atoms with Crippen LogP contribution in [0.25, 0.3) is 16.6 Å². The van der Waals surface area contributed by atoms with Crippen molar-refractivity contribution < 1.29 is 9.53 Å². The number of benzene rings is 2. The lowest BCUT2D eigenvalue weighted by atomic mass is 10.1. The van der Waals surface area contributed by atoms with Gasteiger partial charge in [0.1, 0.15) is 5.75 Å². The van der Waals surface area contributed by atoms with Gasteiger partial charge in [-0.2, -0.15) is 0 Å². The van der Waals surface area contributed by atoms with E-state index in [2.05, 4.69) is 15.3 Å². The van der Waals surface area contributed by atoms with Gasteiger partial charge in [-0.3, -0.25) is 4.79 Å². The largest absolute Gasteiger partial charge is 0.497 e. The number of rotatable bonds is 5. The van der Waals surface area contributed by atoms with Gasteiger partial charge in [0, 0.05) is 35.2 Å². The van der Waals surface area contributed by atoms with Gasteiger partial charge >= 0.3 is 0 Å².